The fourth-order valence-electron chi connectivity index (χ4n) is 1.67. The first kappa shape index (κ1) is 14.8. The highest BCUT2D eigenvalue weighted by Gasteiger charge is 2.23. The maximum Gasteiger partial charge on any atom is 0.295 e. The molecule has 0 aromatic heterocycles. The first-order valence-electron chi connectivity index (χ1n) is 5.39. The molecule has 0 fully saturated rings. The molecule has 0 aliphatic rings. The summed E-state index contributed by atoms with van der Waals surface area (Å²) in [7, 11) is 0. The minimum Gasteiger partial charge on any atom is -0.395 e. The van der Waals surface area contributed by atoms with Crippen molar-refractivity contribution in [2.24, 2.45) is 0 Å². The second kappa shape index (κ2) is 6.10. The van der Waals surface area contributed by atoms with E-state index < -0.39 is 10.7 Å². The number of aliphatic hydroxyl groups excluding tert-OH is 1. The Hall–Kier alpha value is -1.21. The van der Waals surface area contributed by atoms with Crippen molar-refractivity contribution in [1.29, 1.82) is 0 Å². The molecular formula is C11H14BrFN2O3. The van der Waals surface area contributed by atoms with Gasteiger partial charge in [-0.15, -0.1) is 0 Å². The Balaban J connectivity index is 3.35. The summed E-state index contributed by atoms with van der Waals surface area (Å²) in [6, 6.07) is 2.20. The summed E-state index contributed by atoms with van der Waals surface area (Å²) >= 11 is 3.01. The third-order valence-electron chi connectivity index (χ3n) is 2.49. The molecule has 1 N–H and O–H groups in total. The van der Waals surface area contributed by atoms with Crippen LogP contribution in [0.2, 0.25) is 0 Å². The minimum atomic E-state index is -0.682. The molecule has 0 atom stereocenters. The molecule has 0 bridgehead atoms. The summed E-state index contributed by atoms with van der Waals surface area (Å²) in [5.41, 5.74) is -0.0184. The van der Waals surface area contributed by atoms with Gasteiger partial charge in [-0.1, -0.05) is 0 Å². The largest absolute Gasteiger partial charge is 0.395 e. The van der Waals surface area contributed by atoms with Crippen LogP contribution in [0.5, 0.6) is 0 Å². The molecule has 0 amide bonds. The zero-order valence-electron chi connectivity index (χ0n) is 10.1. The van der Waals surface area contributed by atoms with E-state index in [9.17, 15) is 14.5 Å². The molecule has 18 heavy (non-hydrogen) atoms. The van der Waals surface area contributed by atoms with E-state index in [0.29, 0.717) is 0 Å². The Morgan fingerprint density at radius 2 is 2.17 bits per heavy atom. The number of rotatable bonds is 5. The van der Waals surface area contributed by atoms with Gasteiger partial charge in [-0.2, -0.15) is 0 Å². The topological polar surface area (TPSA) is 66.6 Å². The normalized spacial score (nSPS) is 10.8. The Kier molecular flexibility index (Phi) is 5.03. The quantitative estimate of drug-likeness (QED) is 0.669. The van der Waals surface area contributed by atoms with Crippen LogP contribution in [0.15, 0.2) is 16.6 Å². The van der Waals surface area contributed by atoms with Gasteiger partial charge in [0.2, 0.25) is 0 Å². The van der Waals surface area contributed by atoms with Gasteiger partial charge in [0.15, 0.2) is 0 Å². The van der Waals surface area contributed by atoms with Crippen LogP contribution >= 0.6 is 15.9 Å². The van der Waals surface area contributed by atoms with Gasteiger partial charge in [0.25, 0.3) is 5.69 Å². The lowest BCUT2D eigenvalue weighted by Gasteiger charge is -2.28. The number of aliphatic hydroxyl groups is 1. The first-order chi connectivity index (χ1) is 8.38. The Morgan fingerprint density at radius 1 is 1.56 bits per heavy atom. The molecule has 7 heteroatoms. The van der Waals surface area contributed by atoms with Crippen LogP contribution in [0.1, 0.15) is 13.8 Å². The third-order valence-corrected chi connectivity index (χ3v) is 3.10. The third kappa shape index (κ3) is 3.17. The van der Waals surface area contributed by atoms with Crippen molar-refractivity contribution in [2.75, 3.05) is 18.1 Å². The molecule has 5 nitrogen and oxygen atoms in total. The molecule has 0 aliphatic carbocycles. The van der Waals surface area contributed by atoms with Crippen LogP contribution in [0.3, 0.4) is 0 Å². The molecule has 1 aromatic carbocycles. The van der Waals surface area contributed by atoms with Crippen LogP contribution in [0.4, 0.5) is 15.8 Å². The van der Waals surface area contributed by atoms with Crippen molar-refractivity contribution in [1.82, 2.24) is 0 Å². The number of halogens is 2. The standard InChI is InChI=1S/C11H14BrFN2O3/c1-7(2)14(3-4-16)10-5-8(12)9(13)6-11(10)15(17)18/h5-7,16H,3-4H2,1-2H3. The zero-order valence-corrected chi connectivity index (χ0v) is 11.6. The molecule has 100 valence electrons. The predicted octanol–water partition coefficient (Wildman–Crippen LogP) is 2.70. The van der Waals surface area contributed by atoms with Gasteiger partial charge in [-0.3, -0.25) is 10.1 Å². The van der Waals surface area contributed by atoms with E-state index in [1.54, 1.807) is 4.90 Å². The van der Waals surface area contributed by atoms with Crippen molar-refractivity contribution in [3.8, 4) is 0 Å². The van der Waals surface area contributed by atoms with Gasteiger partial charge in [0.1, 0.15) is 11.5 Å². The minimum absolute atomic E-state index is 0.0480. The van der Waals surface area contributed by atoms with Crippen molar-refractivity contribution < 1.29 is 14.4 Å². The molecule has 0 saturated carbocycles. The summed E-state index contributed by atoms with van der Waals surface area (Å²) in [6.07, 6.45) is 0. The Bertz CT molecular complexity index is 454. The lowest BCUT2D eigenvalue weighted by atomic mass is 10.2. The van der Waals surface area contributed by atoms with Gasteiger partial charge in [-0.05, 0) is 35.8 Å². The summed E-state index contributed by atoms with van der Waals surface area (Å²) in [5, 5.41) is 20.0. The van der Waals surface area contributed by atoms with Gasteiger partial charge in [0.05, 0.1) is 22.1 Å². The van der Waals surface area contributed by atoms with Gasteiger partial charge >= 0.3 is 0 Å². The van der Waals surface area contributed by atoms with Gasteiger partial charge in [0, 0.05) is 12.6 Å². The summed E-state index contributed by atoms with van der Waals surface area (Å²) < 4.78 is 13.5. The van der Waals surface area contributed by atoms with Crippen molar-refractivity contribution in [3.63, 3.8) is 0 Å². The highest BCUT2D eigenvalue weighted by molar-refractivity contribution is 9.10. The van der Waals surface area contributed by atoms with E-state index in [4.69, 9.17) is 5.11 Å². The predicted molar refractivity (Wildman–Crippen MR) is 70.3 cm³/mol. The molecule has 0 unspecified atom stereocenters. The number of hydrogen-bond donors (Lipinski definition) is 1. The number of anilines is 1. The van der Waals surface area contributed by atoms with Crippen LogP contribution in [0.25, 0.3) is 0 Å². The summed E-state index contributed by atoms with van der Waals surface area (Å²) in [4.78, 5) is 12.0. The molecule has 0 aliphatic heterocycles. The van der Waals surface area contributed by atoms with Crippen LogP contribution in [0, 0.1) is 15.9 Å². The average molecular weight is 321 g/mol. The van der Waals surface area contributed by atoms with Gasteiger partial charge in [-0.25, -0.2) is 4.39 Å². The van der Waals surface area contributed by atoms with Crippen LogP contribution in [-0.4, -0.2) is 29.2 Å². The van der Waals surface area contributed by atoms with Crippen LogP contribution < -0.4 is 4.90 Å². The molecule has 1 aromatic rings. The molecule has 0 radical (unpaired) electrons. The SMILES string of the molecule is CC(C)N(CCO)c1cc(Br)c(F)cc1[N+](=O)[O-]. The van der Waals surface area contributed by atoms with E-state index in [-0.39, 0.29) is 35.0 Å². The number of nitrogens with zero attached hydrogens (tertiary/aromatic N) is 2. The molecule has 0 heterocycles. The van der Waals surface area contributed by atoms with E-state index in [1.807, 2.05) is 13.8 Å². The van der Waals surface area contributed by atoms with Crippen LogP contribution in [-0.2, 0) is 0 Å². The molecule has 0 spiro atoms. The highest BCUT2D eigenvalue weighted by atomic mass is 79.9. The maximum absolute atomic E-state index is 13.4. The second-order valence-electron chi connectivity index (χ2n) is 4.02. The van der Waals surface area contributed by atoms with E-state index in [0.717, 1.165) is 6.07 Å². The van der Waals surface area contributed by atoms with Crippen molar-refractivity contribution in [2.45, 2.75) is 19.9 Å². The number of benzene rings is 1. The van der Waals surface area contributed by atoms with Gasteiger partial charge < -0.3 is 10.0 Å². The smallest absolute Gasteiger partial charge is 0.295 e. The number of nitro benzene ring substituents is 1. The number of nitro groups is 1. The fourth-order valence-corrected chi connectivity index (χ4v) is 2.00. The first-order valence-corrected chi connectivity index (χ1v) is 6.18. The lowest BCUT2D eigenvalue weighted by Crippen LogP contribution is -2.34. The lowest BCUT2D eigenvalue weighted by molar-refractivity contribution is -0.384. The summed E-state index contributed by atoms with van der Waals surface area (Å²) in [5.74, 6) is -0.682. The molecule has 0 saturated heterocycles. The fraction of sp³-hybridized carbons (Fsp3) is 0.455. The highest BCUT2D eigenvalue weighted by Crippen LogP contribution is 2.34. The van der Waals surface area contributed by atoms with Crippen molar-refractivity contribution in [3.05, 3.63) is 32.5 Å². The average Bonchev–Trinajstić information content (AvgIpc) is 2.28. The number of hydrogen-bond acceptors (Lipinski definition) is 4. The van der Waals surface area contributed by atoms with Crippen molar-refractivity contribution >= 4 is 27.3 Å². The van der Waals surface area contributed by atoms with E-state index in [1.165, 1.54) is 6.07 Å². The van der Waals surface area contributed by atoms with E-state index in [2.05, 4.69) is 15.9 Å². The second-order valence-corrected chi connectivity index (χ2v) is 4.88. The molecular weight excluding hydrogens is 307 g/mol. The summed E-state index contributed by atoms with van der Waals surface area (Å²) in [6.45, 7) is 3.80. The monoisotopic (exact) mass is 320 g/mol. The zero-order chi connectivity index (χ0) is 13.9. The molecule has 1 rings (SSSR count). The maximum atomic E-state index is 13.4. The Morgan fingerprint density at radius 3 is 2.61 bits per heavy atom. The Labute approximate surface area is 112 Å². The van der Waals surface area contributed by atoms with E-state index >= 15 is 0 Å².